The molecule has 2 aromatic rings. The average Bonchev–Trinajstić information content (AvgIpc) is 2.89. The highest BCUT2D eigenvalue weighted by Gasteiger charge is 2.07. The maximum absolute atomic E-state index is 12.1. The topological polar surface area (TPSA) is 26.3 Å². The smallest absolute Gasteiger partial charge is 0.186 e. The van der Waals surface area contributed by atoms with Crippen LogP contribution in [0, 0.1) is 6.92 Å². The van der Waals surface area contributed by atoms with Gasteiger partial charge in [-0.25, -0.2) is 0 Å². The molecule has 0 N–H and O–H groups in total. The van der Waals surface area contributed by atoms with Crippen molar-refractivity contribution in [2.24, 2.45) is 0 Å². The van der Waals surface area contributed by atoms with Gasteiger partial charge in [0.05, 0.1) is 7.11 Å². The summed E-state index contributed by atoms with van der Waals surface area (Å²) in [7, 11) is 1.62. The van der Waals surface area contributed by atoms with Gasteiger partial charge >= 0.3 is 0 Å². The summed E-state index contributed by atoms with van der Waals surface area (Å²) in [6.07, 6.45) is 5.45. The highest BCUT2D eigenvalue weighted by atomic mass is 32.2. The Morgan fingerprint density at radius 1 is 1.30 bits per heavy atom. The lowest BCUT2D eigenvalue weighted by Crippen LogP contribution is -1.96. The van der Waals surface area contributed by atoms with Gasteiger partial charge in [-0.05, 0) is 55.7 Å². The van der Waals surface area contributed by atoms with E-state index >= 15 is 0 Å². The van der Waals surface area contributed by atoms with Crippen LogP contribution in [-0.2, 0) is 0 Å². The Labute approximate surface area is 127 Å². The number of hydrogen-bond acceptors (Lipinski definition) is 4. The van der Waals surface area contributed by atoms with Crippen molar-refractivity contribution in [2.75, 3.05) is 13.4 Å². The van der Waals surface area contributed by atoms with Gasteiger partial charge in [0.1, 0.15) is 5.75 Å². The number of thiophene rings is 1. The number of aryl methyl sites for hydroxylation is 1. The van der Waals surface area contributed by atoms with Crippen molar-refractivity contribution < 1.29 is 9.53 Å². The Hall–Kier alpha value is -1.52. The minimum Gasteiger partial charge on any atom is -0.496 e. The lowest BCUT2D eigenvalue weighted by molar-refractivity contribution is 0.104. The van der Waals surface area contributed by atoms with E-state index in [0.29, 0.717) is 5.56 Å². The first-order chi connectivity index (χ1) is 9.63. The van der Waals surface area contributed by atoms with Crippen molar-refractivity contribution >= 4 is 35.0 Å². The molecule has 2 nitrogen and oxygen atoms in total. The van der Waals surface area contributed by atoms with Gasteiger partial charge in [-0.1, -0.05) is 0 Å². The van der Waals surface area contributed by atoms with Gasteiger partial charge in [0.25, 0.3) is 0 Å². The molecular weight excluding hydrogens is 288 g/mol. The monoisotopic (exact) mass is 304 g/mol. The van der Waals surface area contributed by atoms with E-state index in [2.05, 4.69) is 6.92 Å². The number of carbonyl (C=O) groups excluding carboxylic acids is 1. The van der Waals surface area contributed by atoms with Crippen molar-refractivity contribution in [2.45, 2.75) is 11.8 Å². The Morgan fingerprint density at radius 2 is 2.10 bits per heavy atom. The van der Waals surface area contributed by atoms with Crippen LogP contribution in [0.4, 0.5) is 0 Å². The normalized spacial score (nSPS) is 10.9. The lowest BCUT2D eigenvalue weighted by Gasteiger charge is -2.07. The highest BCUT2D eigenvalue weighted by molar-refractivity contribution is 7.98. The SMILES string of the molecule is COc1cc(C(=O)C=Cc2ccc(C)s2)ccc1SC. The summed E-state index contributed by atoms with van der Waals surface area (Å²) in [5.41, 5.74) is 0.643. The zero-order valence-corrected chi connectivity index (χ0v) is 13.3. The number of allylic oxidation sites excluding steroid dienone is 1. The minimum atomic E-state index is -0.0120. The van der Waals surface area contributed by atoms with Crippen LogP contribution in [0.3, 0.4) is 0 Å². The fraction of sp³-hybridized carbons (Fsp3) is 0.188. The molecule has 0 amide bonds. The van der Waals surface area contributed by atoms with Crippen LogP contribution in [0.1, 0.15) is 20.1 Å². The number of benzene rings is 1. The Bertz CT molecular complexity index is 642. The number of methoxy groups -OCH3 is 1. The fourth-order valence-electron chi connectivity index (χ4n) is 1.79. The number of ether oxygens (including phenoxy) is 1. The van der Waals surface area contributed by atoms with E-state index in [1.807, 2.05) is 36.6 Å². The third-order valence-corrected chi connectivity index (χ3v) is 4.57. The predicted molar refractivity (Wildman–Crippen MR) is 87.2 cm³/mol. The maximum Gasteiger partial charge on any atom is 0.186 e. The average molecular weight is 304 g/mol. The quantitative estimate of drug-likeness (QED) is 0.455. The molecule has 0 fully saturated rings. The van der Waals surface area contributed by atoms with Crippen LogP contribution in [-0.4, -0.2) is 19.1 Å². The summed E-state index contributed by atoms with van der Waals surface area (Å²) in [5.74, 6) is 0.728. The predicted octanol–water partition coefficient (Wildman–Crippen LogP) is 4.68. The molecule has 1 aromatic heterocycles. The van der Waals surface area contributed by atoms with E-state index in [0.717, 1.165) is 15.5 Å². The molecule has 1 aromatic carbocycles. The first-order valence-electron chi connectivity index (χ1n) is 6.15. The van der Waals surface area contributed by atoms with E-state index in [-0.39, 0.29) is 5.78 Å². The molecule has 0 aliphatic rings. The molecule has 0 aliphatic heterocycles. The third kappa shape index (κ3) is 3.52. The summed E-state index contributed by atoms with van der Waals surface area (Å²) in [5, 5.41) is 0. The summed E-state index contributed by atoms with van der Waals surface area (Å²) in [4.78, 5) is 15.5. The van der Waals surface area contributed by atoms with Gasteiger partial charge in [0.15, 0.2) is 5.78 Å². The number of rotatable bonds is 5. The maximum atomic E-state index is 12.1. The first-order valence-corrected chi connectivity index (χ1v) is 8.19. The van der Waals surface area contributed by atoms with Crippen molar-refractivity contribution in [3.05, 3.63) is 51.7 Å². The molecule has 4 heteroatoms. The highest BCUT2D eigenvalue weighted by Crippen LogP contribution is 2.28. The molecule has 0 aliphatic carbocycles. The molecule has 0 radical (unpaired) electrons. The molecule has 0 bridgehead atoms. The van der Waals surface area contributed by atoms with Gasteiger partial charge in [0.2, 0.25) is 0 Å². The Morgan fingerprint density at radius 3 is 2.70 bits per heavy atom. The van der Waals surface area contributed by atoms with Gasteiger partial charge in [-0.15, -0.1) is 23.1 Å². The third-order valence-electron chi connectivity index (χ3n) is 2.83. The first kappa shape index (κ1) is 14.9. The minimum absolute atomic E-state index is 0.0120. The Kier molecular flexibility index (Phi) is 5.04. The number of ketones is 1. The molecule has 20 heavy (non-hydrogen) atoms. The number of hydrogen-bond donors (Lipinski definition) is 0. The van der Waals surface area contributed by atoms with E-state index < -0.39 is 0 Å². The van der Waals surface area contributed by atoms with Crippen LogP contribution in [0.2, 0.25) is 0 Å². The second-order valence-electron chi connectivity index (χ2n) is 4.22. The Balaban J connectivity index is 2.19. The van der Waals surface area contributed by atoms with E-state index in [1.54, 1.807) is 42.4 Å². The molecule has 2 rings (SSSR count). The van der Waals surface area contributed by atoms with E-state index in [4.69, 9.17) is 4.74 Å². The molecule has 104 valence electrons. The summed E-state index contributed by atoms with van der Waals surface area (Å²) in [6.45, 7) is 2.05. The van der Waals surface area contributed by atoms with Crippen molar-refractivity contribution in [1.29, 1.82) is 0 Å². The summed E-state index contributed by atoms with van der Waals surface area (Å²) >= 11 is 3.27. The van der Waals surface area contributed by atoms with Crippen molar-refractivity contribution in [3.8, 4) is 5.75 Å². The largest absolute Gasteiger partial charge is 0.496 e. The van der Waals surface area contributed by atoms with Crippen molar-refractivity contribution in [3.63, 3.8) is 0 Å². The lowest BCUT2D eigenvalue weighted by atomic mass is 10.1. The zero-order valence-electron chi connectivity index (χ0n) is 11.7. The van der Waals surface area contributed by atoms with Crippen molar-refractivity contribution in [1.82, 2.24) is 0 Å². The van der Waals surface area contributed by atoms with Gasteiger partial charge in [-0.3, -0.25) is 4.79 Å². The number of thioether (sulfide) groups is 1. The molecule has 0 unspecified atom stereocenters. The standard InChI is InChI=1S/C16H16O2S2/c1-11-4-6-13(20-11)7-8-14(17)12-5-9-16(19-3)15(10-12)18-2/h4-10H,1-3H3. The second kappa shape index (κ2) is 6.77. The van der Waals surface area contributed by atoms with E-state index in [9.17, 15) is 4.79 Å². The molecule has 1 heterocycles. The summed E-state index contributed by atoms with van der Waals surface area (Å²) < 4.78 is 5.30. The number of carbonyl (C=O) groups is 1. The molecular formula is C16H16O2S2. The van der Waals surface area contributed by atoms with Gasteiger partial charge < -0.3 is 4.74 Å². The second-order valence-corrected chi connectivity index (χ2v) is 6.38. The molecule has 0 spiro atoms. The van der Waals surface area contributed by atoms with Gasteiger partial charge in [0, 0.05) is 20.2 Å². The van der Waals surface area contributed by atoms with Gasteiger partial charge in [-0.2, -0.15) is 0 Å². The van der Waals surface area contributed by atoms with Crippen LogP contribution in [0.15, 0.2) is 41.3 Å². The van der Waals surface area contributed by atoms with Crippen LogP contribution < -0.4 is 4.74 Å². The molecule has 0 saturated carbocycles. The fourth-order valence-corrected chi connectivity index (χ4v) is 3.11. The van der Waals surface area contributed by atoms with Crippen LogP contribution in [0.25, 0.3) is 6.08 Å². The zero-order chi connectivity index (χ0) is 14.5. The van der Waals surface area contributed by atoms with Crippen LogP contribution in [0.5, 0.6) is 5.75 Å². The van der Waals surface area contributed by atoms with E-state index in [1.165, 1.54) is 4.88 Å². The van der Waals surface area contributed by atoms with Crippen LogP contribution >= 0.6 is 23.1 Å². The summed E-state index contributed by atoms with van der Waals surface area (Å²) in [6, 6.07) is 9.60. The molecule has 0 saturated heterocycles. The molecule has 0 atom stereocenters.